The van der Waals surface area contributed by atoms with Crippen molar-refractivity contribution in [1.82, 2.24) is 0 Å². The van der Waals surface area contributed by atoms with Crippen molar-refractivity contribution >= 4 is 99.5 Å². The van der Waals surface area contributed by atoms with Gasteiger partial charge in [0.2, 0.25) is 0 Å². The van der Waals surface area contributed by atoms with Gasteiger partial charge in [0.25, 0.3) is 0 Å². The van der Waals surface area contributed by atoms with Crippen molar-refractivity contribution in [1.29, 1.82) is 0 Å². The normalized spacial score (nSPS) is 0. The maximum absolute atomic E-state index is 0. The molecule has 0 N–H and O–H groups in total. The first kappa shape index (κ1) is 230. The summed E-state index contributed by atoms with van der Waals surface area (Å²) in [5, 5.41) is 0. The van der Waals surface area contributed by atoms with Gasteiger partial charge in [0, 0.05) is 401 Å². The van der Waals surface area contributed by atoms with Crippen molar-refractivity contribution in [2.24, 2.45) is 0 Å². The Morgan fingerprint density at radius 1 is 1.05 bits per heavy atom. The van der Waals surface area contributed by atoms with Crippen LogP contribution >= 0.6 is 0 Å². The third-order valence-electron chi connectivity index (χ3n) is 0. The molecule has 0 saturated heterocycles. The summed E-state index contributed by atoms with van der Waals surface area (Å²) >= 11 is 0. The van der Waals surface area contributed by atoms with Crippen LogP contribution in [0.3, 0.4) is 0 Å². The molecule has 0 heterocycles. The van der Waals surface area contributed by atoms with Crippen molar-refractivity contribution in [2.45, 2.75) is 0 Å². The fraction of sp³-hybridized carbons (Fsp3) is 0. The first-order chi connectivity index (χ1) is 0. The molecule has 0 unspecified atom stereocenters. The Labute approximate surface area is 422 Å². The summed E-state index contributed by atoms with van der Waals surface area (Å²) in [7, 11) is 0. The van der Waals surface area contributed by atoms with Gasteiger partial charge in [-0.2, -0.15) is 0 Å². The second-order valence-electron chi connectivity index (χ2n) is 0. The predicted molar refractivity (Wildman–Crippen MR) is 32.1 cm³/mol. The van der Waals surface area contributed by atoms with E-state index in [1.807, 2.05) is 0 Å². The SMILES string of the molecule is [Ag].[Al].[Au].[Be+2].[Co].[Cr].[Cu].[Fe].[H-].[H-].[H-].[Ir].[Li+].[Mo].[Ni].[Os].[Pd].[Pt].[Rh].[Sb].[Sn].[Te].[Ti].[V].[Zn]. The topological polar surface area (TPSA) is 0 Å². The minimum Gasteiger partial charge on any atom is -1.00 e. The Balaban J connectivity index is 0. The van der Waals surface area contributed by atoms with Crippen LogP contribution in [0.5, 0.6) is 0 Å². The number of rotatable bonds is 0. The van der Waals surface area contributed by atoms with Crippen molar-refractivity contribution in [2.75, 3.05) is 0 Å². The zero-order valence-electron chi connectivity index (χ0n) is 12.7. The van der Waals surface area contributed by atoms with Crippen LogP contribution in [0.4, 0.5) is 0 Å². The molecule has 0 nitrogen and oxygen atoms in total. The van der Waals surface area contributed by atoms with Crippen LogP contribution in [0, 0.1) is 0 Å². The van der Waals surface area contributed by atoms with E-state index in [-0.39, 0.29) is 434 Å². The van der Waals surface area contributed by atoms with Gasteiger partial charge in [-0.3, -0.25) is 0 Å². The van der Waals surface area contributed by atoms with Crippen LogP contribution in [-0.4, -0.2) is 99.5 Å². The summed E-state index contributed by atoms with van der Waals surface area (Å²) in [5.74, 6) is 0. The standard InChI is InChI=1S/Ag.Al.Au.Be.Co.Cr.Cu.Fe.Ir.Li.Mo.Ni.Os.Pd.Pt.Rh.Sb.Sn.Te.Ti.V.Zn.3H/q;;;+2;;;;;;+1;;;;;;;;;;;;;3*-1. The monoisotopic (exact) mass is 2060 g/mol. The molecule has 0 aromatic heterocycles. The van der Waals surface area contributed by atoms with E-state index < -0.39 is 0 Å². The third-order valence-corrected chi connectivity index (χ3v) is 0. The smallest absolute Gasteiger partial charge is 1.00 e. The zero-order chi connectivity index (χ0) is 0. The molecular formula is H3AgAlAuBeCoCrCuFeIrLiMoNiOsPdPtRhSbSnTeTiVZn. The van der Waals surface area contributed by atoms with Gasteiger partial charge in [-0.05, 0) is 0 Å². The van der Waals surface area contributed by atoms with E-state index in [1.165, 1.54) is 0 Å². The molecule has 0 aromatic rings. The van der Waals surface area contributed by atoms with E-state index >= 15 is 0 Å². The van der Waals surface area contributed by atoms with Crippen molar-refractivity contribution < 1.29 is 334 Å². The molecule has 0 aliphatic rings. The predicted octanol–water partition coefficient (Wildman–Crippen LogP) is -4.60. The zero-order valence-corrected chi connectivity index (χ0v) is 45.9. The third kappa shape index (κ3) is 193. The molecule has 22 heteroatoms. The Morgan fingerprint density at radius 2 is 1.05 bits per heavy atom. The Kier molecular flexibility index (Phi) is 2200. The van der Waals surface area contributed by atoms with Crippen LogP contribution in [0.15, 0.2) is 0 Å². The minimum absolute atomic E-state index is 0. The molecule has 0 aliphatic heterocycles. The van der Waals surface area contributed by atoms with Gasteiger partial charge in [-0.15, -0.1) is 0 Å². The second kappa shape index (κ2) is 211. The molecule has 0 rings (SSSR count). The molecular weight excluding hydrogens is 2050 g/mol. The molecule has 22 heavy (non-hydrogen) atoms. The van der Waals surface area contributed by atoms with E-state index in [0.717, 1.165) is 0 Å². The first-order valence-electron chi connectivity index (χ1n) is 0. The van der Waals surface area contributed by atoms with Crippen LogP contribution in [-0.2, 0) is 311 Å². The van der Waals surface area contributed by atoms with E-state index in [1.54, 1.807) is 0 Å². The Morgan fingerprint density at radius 3 is 1.05 bits per heavy atom. The summed E-state index contributed by atoms with van der Waals surface area (Å²) in [4.78, 5) is 0. The Bertz CT molecular complexity index is 111. The molecule has 153 valence electrons. The maximum Gasteiger partial charge on any atom is 2.00 e. The van der Waals surface area contributed by atoms with Crippen molar-refractivity contribution in [3.63, 3.8) is 0 Å². The van der Waals surface area contributed by atoms with Gasteiger partial charge in [0.1, 0.15) is 0 Å². The van der Waals surface area contributed by atoms with E-state index in [2.05, 4.69) is 0 Å². The number of hydrogen-bond acceptors (Lipinski definition) is 0. The van der Waals surface area contributed by atoms with Gasteiger partial charge in [0.05, 0.1) is 0 Å². The van der Waals surface area contributed by atoms with Crippen LogP contribution in [0.2, 0.25) is 0 Å². The molecule has 0 aromatic carbocycles. The van der Waals surface area contributed by atoms with E-state index in [9.17, 15) is 0 Å². The summed E-state index contributed by atoms with van der Waals surface area (Å²) in [6.07, 6.45) is 0. The average molecular weight is 2050 g/mol. The van der Waals surface area contributed by atoms with Crippen LogP contribution in [0.25, 0.3) is 0 Å². The summed E-state index contributed by atoms with van der Waals surface area (Å²) < 4.78 is 0. The van der Waals surface area contributed by atoms with E-state index in [4.69, 9.17) is 0 Å². The fourth-order valence-electron chi connectivity index (χ4n) is 0. The summed E-state index contributed by atoms with van der Waals surface area (Å²) in [6, 6.07) is 0. The quantitative estimate of drug-likeness (QED) is 0.215. The number of hydrogen-bond donors (Lipinski definition) is 0. The Hall–Kier alpha value is 13.6. The minimum atomic E-state index is 0. The van der Waals surface area contributed by atoms with Crippen LogP contribution in [0.1, 0.15) is 4.28 Å². The fourth-order valence-corrected chi connectivity index (χ4v) is 0. The summed E-state index contributed by atoms with van der Waals surface area (Å²) in [6.45, 7) is 0. The second-order valence-corrected chi connectivity index (χ2v) is 0. The van der Waals surface area contributed by atoms with E-state index in [0.29, 0.717) is 0 Å². The van der Waals surface area contributed by atoms with Gasteiger partial charge in [0.15, 0.2) is 0 Å². The van der Waals surface area contributed by atoms with Crippen molar-refractivity contribution in [3.8, 4) is 0 Å². The van der Waals surface area contributed by atoms with Crippen molar-refractivity contribution in [3.05, 3.63) is 0 Å². The molecule has 0 bridgehead atoms. The van der Waals surface area contributed by atoms with Gasteiger partial charge >= 0.3 is 29.0 Å². The van der Waals surface area contributed by atoms with Gasteiger partial charge < -0.3 is 4.28 Å². The first-order valence-corrected chi connectivity index (χ1v) is 0. The summed E-state index contributed by atoms with van der Waals surface area (Å²) in [5.41, 5.74) is 0. The molecule has 0 amide bonds. The van der Waals surface area contributed by atoms with Gasteiger partial charge in [-0.1, -0.05) is 0 Å². The maximum atomic E-state index is 0. The largest absolute Gasteiger partial charge is 2.00 e. The molecule has 19 radical (unpaired) electrons. The molecule has 0 aliphatic carbocycles. The molecule has 0 fully saturated rings. The molecule has 0 saturated carbocycles. The van der Waals surface area contributed by atoms with Gasteiger partial charge in [-0.25, -0.2) is 0 Å². The molecule has 0 spiro atoms. The average Bonchev–Trinajstić information content (AvgIpc) is 0. The van der Waals surface area contributed by atoms with Crippen LogP contribution < -0.4 is 18.9 Å². The molecule has 0 atom stereocenters.